The highest BCUT2D eigenvalue weighted by atomic mass is 16.3. The van der Waals surface area contributed by atoms with Gasteiger partial charge in [0, 0.05) is 12.5 Å². The molecular formula is C6H12N2O2. The van der Waals surface area contributed by atoms with Crippen molar-refractivity contribution in [2.75, 3.05) is 6.54 Å². The number of amides is 1. The lowest BCUT2D eigenvalue weighted by Gasteiger charge is -2.11. The van der Waals surface area contributed by atoms with Crippen LogP contribution in [-0.2, 0) is 4.79 Å². The number of nitroso groups, excluding NO2 is 1. The number of hydrogen-bond donors (Lipinski definition) is 0. The zero-order valence-corrected chi connectivity index (χ0v) is 6.50. The number of nitrogens with zero attached hydrogens (tertiary/aromatic N) is 2. The van der Waals surface area contributed by atoms with Gasteiger partial charge in [-0.05, 0) is 6.92 Å². The lowest BCUT2D eigenvalue weighted by molar-refractivity contribution is -0.134. The minimum absolute atomic E-state index is 0.155. The Bertz CT molecular complexity index is 134. The molecule has 0 aromatic rings. The molecule has 0 N–H and O–H groups in total. The van der Waals surface area contributed by atoms with Gasteiger partial charge in [0.15, 0.2) is 0 Å². The minimum atomic E-state index is -0.225. The highest BCUT2D eigenvalue weighted by molar-refractivity contribution is 5.77. The lowest BCUT2D eigenvalue weighted by atomic mass is 10.2. The molecule has 0 unspecified atom stereocenters. The summed E-state index contributed by atoms with van der Waals surface area (Å²) in [7, 11) is 0. The summed E-state index contributed by atoms with van der Waals surface area (Å²) in [5.74, 6) is -0.379. The average molecular weight is 144 g/mol. The van der Waals surface area contributed by atoms with Crippen molar-refractivity contribution in [2.45, 2.75) is 20.8 Å². The Labute approximate surface area is 60.2 Å². The van der Waals surface area contributed by atoms with Crippen molar-refractivity contribution < 1.29 is 4.79 Å². The van der Waals surface area contributed by atoms with Gasteiger partial charge >= 0.3 is 0 Å². The molecule has 0 aliphatic carbocycles. The number of rotatable bonds is 3. The molecule has 0 radical (unpaired) electrons. The van der Waals surface area contributed by atoms with Gasteiger partial charge in [-0.3, -0.25) is 4.79 Å². The van der Waals surface area contributed by atoms with Gasteiger partial charge in [0.2, 0.25) is 5.91 Å². The Hall–Kier alpha value is -0.930. The van der Waals surface area contributed by atoms with Crippen LogP contribution in [0.25, 0.3) is 0 Å². The Morgan fingerprint density at radius 3 is 2.20 bits per heavy atom. The maximum Gasteiger partial charge on any atom is 0.247 e. The molecule has 0 spiro atoms. The molecular weight excluding hydrogens is 132 g/mol. The zero-order valence-electron chi connectivity index (χ0n) is 6.50. The van der Waals surface area contributed by atoms with E-state index >= 15 is 0 Å². The second-order valence-corrected chi connectivity index (χ2v) is 2.29. The third-order valence-corrected chi connectivity index (χ3v) is 1.15. The van der Waals surface area contributed by atoms with Crippen molar-refractivity contribution in [3.05, 3.63) is 4.91 Å². The van der Waals surface area contributed by atoms with Crippen molar-refractivity contribution >= 4 is 5.91 Å². The van der Waals surface area contributed by atoms with Crippen LogP contribution >= 0.6 is 0 Å². The maximum atomic E-state index is 10.9. The molecule has 0 aromatic heterocycles. The molecule has 1 amide bonds. The summed E-state index contributed by atoms with van der Waals surface area (Å²) in [5, 5.41) is 3.48. The number of carbonyl (C=O) groups is 1. The second-order valence-electron chi connectivity index (χ2n) is 2.29. The van der Waals surface area contributed by atoms with Crippen LogP contribution in [0.5, 0.6) is 0 Å². The normalized spacial score (nSPS) is 9.60. The largest absolute Gasteiger partial charge is 0.273 e. The zero-order chi connectivity index (χ0) is 8.15. The molecule has 58 valence electrons. The monoisotopic (exact) mass is 144 g/mol. The van der Waals surface area contributed by atoms with E-state index in [1.165, 1.54) is 0 Å². The van der Waals surface area contributed by atoms with E-state index < -0.39 is 0 Å². The Morgan fingerprint density at radius 1 is 1.60 bits per heavy atom. The van der Waals surface area contributed by atoms with Gasteiger partial charge in [-0.1, -0.05) is 13.8 Å². The molecule has 4 heteroatoms. The molecule has 0 aliphatic heterocycles. The van der Waals surface area contributed by atoms with Crippen molar-refractivity contribution in [1.82, 2.24) is 5.01 Å². The van der Waals surface area contributed by atoms with Crippen LogP contribution < -0.4 is 0 Å². The first-order chi connectivity index (χ1) is 4.63. The van der Waals surface area contributed by atoms with Gasteiger partial charge in [0.1, 0.15) is 0 Å². The SMILES string of the molecule is CCN(N=O)C(=O)C(C)C. The van der Waals surface area contributed by atoms with E-state index in [9.17, 15) is 9.70 Å². The first-order valence-corrected chi connectivity index (χ1v) is 3.28. The first-order valence-electron chi connectivity index (χ1n) is 3.28. The maximum absolute atomic E-state index is 10.9. The first kappa shape index (κ1) is 9.07. The van der Waals surface area contributed by atoms with Crippen molar-refractivity contribution in [3.8, 4) is 0 Å². The van der Waals surface area contributed by atoms with Gasteiger partial charge in [0.25, 0.3) is 0 Å². The Kier molecular flexibility index (Phi) is 3.61. The fraction of sp³-hybridized carbons (Fsp3) is 0.833. The van der Waals surface area contributed by atoms with Gasteiger partial charge in [-0.2, -0.15) is 5.01 Å². The van der Waals surface area contributed by atoms with Gasteiger partial charge in [0.05, 0.1) is 5.29 Å². The Balaban J connectivity index is 4.02. The van der Waals surface area contributed by atoms with E-state index in [1.807, 2.05) is 0 Å². The van der Waals surface area contributed by atoms with Crippen LogP contribution in [0.4, 0.5) is 0 Å². The van der Waals surface area contributed by atoms with E-state index in [2.05, 4.69) is 5.29 Å². The predicted octanol–water partition coefficient (Wildman–Crippen LogP) is 1.17. The van der Waals surface area contributed by atoms with Crippen molar-refractivity contribution in [3.63, 3.8) is 0 Å². The van der Waals surface area contributed by atoms with Gasteiger partial charge in [-0.25, -0.2) is 0 Å². The van der Waals surface area contributed by atoms with E-state index in [0.717, 1.165) is 5.01 Å². The summed E-state index contributed by atoms with van der Waals surface area (Å²) in [6, 6.07) is 0. The molecule has 10 heavy (non-hydrogen) atoms. The lowest BCUT2D eigenvalue weighted by Crippen LogP contribution is -2.28. The van der Waals surface area contributed by atoms with Crippen molar-refractivity contribution in [1.29, 1.82) is 0 Å². The standard InChI is InChI=1S/C6H12N2O2/c1-4-8(7-10)6(9)5(2)3/h5H,4H2,1-3H3. The van der Waals surface area contributed by atoms with E-state index in [-0.39, 0.29) is 11.8 Å². The second kappa shape index (κ2) is 3.98. The number of carbonyl (C=O) groups excluding carboxylic acids is 1. The van der Waals surface area contributed by atoms with Crippen LogP contribution in [-0.4, -0.2) is 17.5 Å². The van der Waals surface area contributed by atoms with Crippen LogP contribution in [0.3, 0.4) is 0 Å². The topological polar surface area (TPSA) is 49.7 Å². The molecule has 0 fully saturated rings. The Morgan fingerprint density at radius 2 is 2.10 bits per heavy atom. The fourth-order valence-electron chi connectivity index (χ4n) is 0.552. The van der Waals surface area contributed by atoms with Crippen LogP contribution in [0.15, 0.2) is 5.29 Å². The summed E-state index contributed by atoms with van der Waals surface area (Å²) < 4.78 is 0. The summed E-state index contributed by atoms with van der Waals surface area (Å²) >= 11 is 0. The quantitative estimate of drug-likeness (QED) is 0.441. The third kappa shape index (κ3) is 2.13. The molecule has 0 aromatic carbocycles. The van der Waals surface area contributed by atoms with Gasteiger partial charge < -0.3 is 0 Å². The fourth-order valence-corrected chi connectivity index (χ4v) is 0.552. The van der Waals surface area contributed by atoms with E-state index in [1.54, 1.807) is 20.8 Å². The highest BCUT2D eigenvalue weighted by Gasteiger charge is 2.14. The molecule has 0 heterocycles. The molecule has 0 atom stereocenters. The summed E-state index contributed by atoms with van der Waals surface area (Å²) in [4.78, 5) is 20.9. The van der Waals surface area contributed by atoms with Crippen LogP contribution in [0, 0.1) is 10.8 Å². The molecule has 4 nitrogen and oxygen atoms in total. The molecule has 0 rings (SSSR count). The van der Waals surface area contributed by atoms with Gasteiger partial charge in [-0.15, -0.1) is 4.91 Å². The highest BCUT2D eigenvalue weighted by Crippen LogP contribution is 2.00. The molecule has 0 aliphatic rings. The number of hydrogen-bond acceptors (Lipinski definition) is 3. The molecule has 0 bridgehead atoms. The third-order valence-electron chi connectivity index (χ3n) is 1.15. The van der Waals surface area contributed by atoms with Crippen LogP contribution in [0.2, 0.25) is 0 Å². The molecule has 0 saturated heterocycles. The predicted molar refractivity (Wildman–Crippen MR) is 38.0 cm³/mol. The van der Waals surface area contributed by atoms with E-state index in [0.29, 0.717) is 6.54 Å². The van der Waals surface area contributed by atoms with Crippen LogP contribution in [0.1, 0.15) is 20.8 Å². The van der Waals surface area contributed by atoms with Crippen molar-refractivity contribution in [2.24, 2.45) is 11.2 Å². The summed E-state index contributed by atoms with van der Waals surface area (Å²) in [5.41, 5.74) is 0. The smallest absolute Gasteiger partial charge is 0.247 e. The average Bonchev–Trinajstić information content (AvgIpc) is 1.90. The summed E-state index contributed by atoms with van der Waals surface area (Å²) in [6.07, 6.45) is 0. The van der Waals surface area contributed by atoms with E-state index in [4.69, 9.17) is 0 Å². The minimum Gasteiger partial charge on any atom is -0.273 e. The molecule has 0 saturated carbocycles. The summed E-state index contributed by atoms with van der Waals surface area (Å²) in [6.45, 7) is 5.52.